The van der Waals surface area contributed by atoms with Crippen LogP contribution >= 0.6 is 0 Å². The SMILES string of the molecule is CN(CC(=O)Nc1ccc(OCc2ccccc2)cc1)Cc1ccc2c(c1)OCO2. The zero-order valence-electron chi connectivity index (χ0n) is 16.8. The van der Waals surface area contributed by atoms with Crippen LogP contribution in [0.15, 0.2) is 72.8 Å². The lowest BCUT2D eigenvalue weighted by Gasteiger charge is -2.17. The van der Waals surface area contributed by atoms with Crippen LogP contribution in [0.2, 0.25) is 0 Å². The number of nitrogens with one attached hydrogen (secondary N) is 1. The van der Waals surface area contributed by atoms with Crippen LogP contribution < -0.4 is 19.5 Å². The van der Waals surface area contributed by atoms with E-state index < -0.39 is 0 Å². The van der Waals surface area contributed by atoms with E-state index in [1.54, 1.807) is 0 Å². The summed E-state index contributed by atoms with van der Waals surface area (Å²) in [6, 6.07) is 23.2. The maximum absolute atomic E-state index is 12.4. The summed E-state index contributed by atoms with van der Waals surface area (Å²) in [5.41, 5.74) is 2.92. The lowest BCUT2D eigenvalue weighted by molar-refractivity contribution is -0.117. The Bertz CT molecular complexity index is 990. The molecule has 1 heterocycles. The Morgan fingerprint density at radius 2 is 1.73 bits per heavy atom. The van der Waals surface area contributed by atoms with Gasteiger partial charge in [-0.15, -0.1) is 0 Å². The molecule has 0 aliphatic carbocycles. The Hall–Kier alpha value is -3.51. The molecule has 0 saturated heterocycles. The average molecular weight is 404 g/mol. The quantitative estimate of drug-likeness (QED) is 0.613. The van der Waals surface area contributed by atoms with Crippen molar-refractivity contribution in [2.24, 2.45) is 0 Å². The summed E-state index contributed by atoms with van der Waals surface area (Å²) in [7, 11) is 1.91. The molecule has 0 radical (unpaired) electrons. The summed E-state index contributed by atoms with van der Waals surface area (Å²) in [4.78, 5) is 14.3. The number of benzene rings is 3. The molecule has 1 aliphatic heterocycles. The second-order valence-corrected chi connectivity index (χ2v) is 7.21. The summed E-state index contributed by atoms with van der Waals surface area (Å²) in [6.45, 7) is 1.68. The van der Waals surface area contributed by atoms with E-state index in [2.05, 4.69) is 5.32 Å². The number of amides is 1. The highest BCUT2D eigenvalue weighted by Crippen LogP contribution is 2.32. The first-order chi connectivity index (χ1) is 14.7. The van der Waals surface area contributed by atoms with Crippen molar-refractivity contribution in [2.45, 2.75) is 13.2 Å². The first kappa shape index (κ1) is 19.8. The van der Waals surface area contributed by atoms with E-state index in [0.29, 0.717) is 13.2 Å². The van der Waals surface area contributed by atoms with Gasteiger partial charge in [0.25, 0.3) is 0 Å². The minimum atomic E-state index is -0.0730. The molecule has 1 amide bonds. The average Bonchev–Trinajstić information content (AvgIpc) is 3.22. The molecule has 6 nitrogen and oxygen atoms in total. The predicted octanol–water partition coefficient (Wildman–Crippen LogP) is 4.06. The van der Waals surface area contributed by atoms with Crippen LogP contribution in [0.3, 0.4) is 0 Å². The molecule has 0 bridgehead atoms. The molecular weight excluding hydrogens is 380 g/mol. The van der Waals surface area contributed by atoms with Gasteiger partial charge in [-0.2, -0.15) is 0 Å². The predicted molar refractivity (Wildman–Crippen MR) is 115 cm³/mol. The highest BCUT2D eigenvalue weighted by molar-refractivity contribution is 5.92. The van der Waals surface area contributed by atoms with Gasteiger partial charge < -0.3 is 19.5 Å². The molecule has 3 aromatic rings. The molecule has 0 fully saturated rings. The number of carbonyl (C=O) groups is 1. The van der Waals surface area contributed by atoms with Gasteiger partial charge in [-0.25, -0.2) is 0 Å². The molecule has 6 heteroatoms. The number of carbonyl (C=O) groups excluding carboxylic acids is 1. The highest BCUT2D eigenvalue weighted by atomic mass is 16.7. The van der Waals surface area contributed by atoms with Gasteiger partial charge in [0.2, 0.25) is 12.7 Å². The molecule has 4 rings (SSSR count). The zero-order chi connectivity index (χ0) is 20.8. The van der Waals surface area contributed by atoms with E-state index in [0.717, 1.165) is 34.1 Å². The fraction of sp³-hybridized carbons (Fsp3) is 0.208. The van der Waals surface area contributed by atoms with Gasteiger partial charge in [-0.1, -0.05) is 36.4 Å². The van der Waals surface area contributed by atoms with Crippen molar-refractivity contribution >= 4 is 11.6 Å². The van der Waals surface area contributed by atoms with Gasteiger partial charge in [0.1, 0.15) is 12.4 Å². The first-order valence-electron chi connectivity index (χ1n) is 9.79. The van der Waals surface area contributed by atoms with E-state index in [-0.39, 0.29) is 19.2 Å². The zero-order valence-corrected chi connectivity index (χ0v) is 16.8. The van der Waals surface area contributed by atoms with Crippen LogP contribution in [0.25, 0.3) is 0 Å². The number of fused-ring (bicyclic) bond motifs is 1. The molecule has 1 N–H and O–H groups in total. The first-order valence-corrected chi connectivity index (χ1v) is 9.79. The maximum Gasteiger partial charge on any atom is 0.238 e. The van der Waals surface area contributed by atoms with Crippen LogP contribution in [0.1, 0.15) is 11.1 Å². The van der Waals surface area contributed by atoms with Crippen molar-refractivity contribution in [3.05, 3.63) is 83.9 Å². The minimum Gasteiger partial charge on any atom is -0.489 e. The molecular formula is C24H24N2O4. The van der Waals surface area contributed by atoms with Crippen LogP contribution in [-0.4, -0.2) is 31.2 Å². The molecule has 0 atom stereocenters. The van der Waals surface area contributed by atoms with Crippen LogP contribution in [-0.2, 0) is 17.9 Å². The smallest absolute Gasteiger partial charge is 0.238 e. The molecule has 0 spiro atoms. The lowest BCUT2D eigenvalue weighted by atomic mass is 10.2. The maximum atomic E-state index is 12.4. The Morgan fingerprint density at radius 1 is 0.967 bits per heavy atom. The largest absolute Gasteiger partial charge is 0.489 e. The third kappa shape index (κ3) is 5.30. The van der Waals surface area contributed by atoms with Crippen molar-refractivity contribution in [3.63, 3.8) is 0 Å². The number of ether oxygens (including phenoxy) is 3. The summed E-state index contributed by atoms with van der Waals surface area (Å²) in [5.74, 6) is 2.20. The van der Waals surface area contributed by atoms with E-state index in [4.69, 9.17) is 14.2 Å². The fourth-order valence-electron chi connectivity index (χ4n) is 3.23. The number of anilines is 1. The van der Waals surface area contributed by atoms with Crippen molar-refractivity contribution in [3.8, 4) is 17.2 Å². The van der Waals surface area contributed by atoms with Gasteiger partial charge >= 0.3 is 0 Å². The van der Waals surface area contributed by atoms with E-state index >= 15 is 0 Å². The second kappa shape index (κ2) is 9.33. The normalized spacial score (nSPS) is 12.1. The number of hydrogen-bond acceptors (Lipinski definition) is 5. The van der Waals surface area contributed by atoms with E-state index in [1.165, 1.54) is 0 Å². The third-order valence-corrected chi connectivity index (χ3v) is 4.69. The minimum absolute atomic E-state index is 0.0730. The number of nitrogens with zero attached hydrogens (tertiary/aromatic N) is 1. The van der Waals surface area contributed by atoms with Crippen LogP contribution in [0, 0.1) is 0 Å². The third-order valence-electron chi connectivity index (χ3n) is 4.69. The van der Waals surface area contributed by atoms with Crippen LogP contribution in [0.4, 0.5) is 5.69 Å². The molecule has 3 aromatic carbocycles. The Morgan fingerprint density at radius 3 is 2.53 bits per heavy atom. The topological polar surface area (TPSA) is 60.0 Å². The van der Waals surface area contributed by atoms with Gasteiger partial charge in [-0.3, -0.25) is 9.69 Å². The van der Waals surface area contributed by atoms with E-state index in [9.17, 15) is 4.79 Å². The molecule has 154 valence electrons. The van der Waals surface area contributed by atoms with Gasteiger partial charge in [0.15, 0.2) is 11.5 Å². The Kier molecular flexibility index (Phi) is 6.15. The highest BCUT2D eigenvalue weighted by Gasteiger charge is 2.14. The number of likely N-dealkylation sites (N-methyl/N-ethyl adjacent to an activating group) is 1. The summed E-state index contributed by atoms with van der Waals surface area (Å²) < 4.78 is 16.5. The van der Waals surface area contributed by atoms with Crippen molar-refractivity contribution in [2.75, 3.05) is 25.7 Å². The van der Waals surface area contributed by atoms with E-state index in [1.807, 2.05) is 84.7 Å². The number of hydrogen-bond donors (Lipinski definition) is 1. The standard InChI is InChI=1S/C24H24N2O4/c1-26(14-19-7-12-22-23(13-19)30-17-29-22)15-24(27)25-20-8-10-21(11-9-20)28-16-18-5-3-2-4-6-18/h2-13H,14-17H2,1H3,(H,25,27). The fourth-order valence-corrected chi connectivity index (χ4v) is 3.23. The lowest BCUT2D eigenvalue weighted by Crippen LogP contribution is -2.29. The number of rotatable bonds is 8. The molecule has 0 saturated carbocycles. The van der Waals surface area contributed by atoms with Crippen molar-refractivity contribution in [1.82, 2.24) is 4.90 Å². The molecule has 0 aromatic heterocycles. The van der Waals surface area contributed by atoms with Crippen molar-refractivity contribution in [1.29, 1.82) is 0 Å². The molecule has 1 aliphatic rings. The van der Waals surface area contributed by atoms with Crippen LogP contribution in [0.5, 0.6) is 17.2 Å². The monoisotopic (exact) mass is 404 g/mol. The van der Waals surface area contributed by atoms with Crippen molar-refractivity contribution < 1.29 is 19.0 Å². The Labute approximate surface area is 176 Å². The van der Waals surface area contributed by atoms with Gasteiger partial charge in [-0.05, 0) is 54.6 Å². The molecule has 0 unspecified atom stereocenters. The summed E-state index contributed by atoms with van der Waals surface area (Å²) in [6.07, 6.45) is 0. The summed E-state index contributed by atoms with van der Waals surface area (Å²) in [5, 5.41) is 2.92. The second-order valence-electron chi connectivity index (χ2n) is 7.21. The Balaban J connectivity index is 1.24. The van der Waals surface area contributed by atoms with Gasteiger partial charge in [0, 0.05) is 12.2 Å². The summed E-state index contributed by atoms with van der Waals surface area (Å²) >= 11 is 0. The van der Waals surface area contributed by atoms with Gasteiger partial charge in [0.05, 0.1) is 6.54 Å². The molecule has 30 heavy (non-hydrogen) atoms.